The highest BCUT2D eigenvalue weighted by atomic mass is 27.2. The van der Waals surface area contributed by atoms with Gasteiger partial charge in [0.25, 0.3) is 0 Å². The van der Waals surface area contributed by atoms with Crippen LogP contribution in [0.2, 0.25) is 11.6 Å². The summed E-state index contributed by atoms with van der Waals surface area (Å²) in [5, 5.41) is 0. The molecule has 0 rings (SSSR count). The third-order valence-electron chi connectivity index (χ3n) is 2.56. The predicted octanol–water partition coefficient (Wildman–Crippen LogP) is 4.37. The van der Waals surface area contributed by atoms with Gasteiger partial charge >= 0.3 is 14.5 Å². The van der Waals surface area contributed by atoms with Gasteiger partial charge in [0.05, 0.1) is 0 Å². The Morgan fingerprint density at radius 3 is 2.12 bits per heavy atom. The second kappa shape index (κ2) is 11.9. The lowest BCUT2D eigenvalue weighted by Gasteiger charge is -2.19. The molecule has 0 radical (unpaired) electrons. The fourth-order valence-electron chi connectivity index (χ4n) is 1.65. The van der Waals surface area contributed by atoms with Crippen LogP contribution in [0.4, 0.5) is 0 Å². The number of ether oxygens (including phenoxy) is 1. The van der Waals surface area contributed by atoms with E-state index in [4.69, 9.17) is 8.53 Å². The first-order valence-corrected chi connectivity index (χ1v) is 9.75. The maximum atomic E-state index is 5.76. The molecule has 1 unspecified atom stereocenters. The van der Waals surface area contributed by atoms with Crippen molar-refractivity contribution in [2.75, 3.05) is 6.61 Å². The van der Waals surface area contributed by atoms with Gasteiger partial charge in [-0.25, -0.2) is 0 Å². The Hall–Kier alpha value is 0.452. The molecule has 0 aromatic heterocycles. The van der Waals surface area contributed by atoms with Gasteiger partial charge in [0.15, 0.2) is 0 Å². The Kier molecular flexibility index (Phi) is 12.3. The van der Waals surface area contributed by atoms with Crippen LogP contribution < -0.4 is 0 Å². The van der Waals surface area contributed by atoms with Crippen LogP contribution in [0.1, 0.15) is 58.8 Å². The first-order chi connectivity index (χ1) is 7.70. The minimum absolute atomic E-state index is 0.0577. The molecule has 0 saturated carbocycles. The fraction of sp³-hybridized carbons (Fsp3) is 1.00. The third kappa shape index (κ3) is 11.0. The average molecular weight is 244 g/mol. The maximum Gasteiger partial charge on any atom is 0.455 e. The lowest BCUT2D eigenvalue weighted by molar-refractivity contribution is -0.0844. The first kappa shape index (κ1) is 16.5. The van der Waals surface area contributed by atoms with Gasteiger partial charge in [0.1, 0.15) is 6.29 Å². The van der Waals surface area contributed by atoms with Crippen LogP contribution in [0.5, 0.6) is 0 Å². The van der Waals surface area contributed by atoms with Crippen molar-refractivity contribution in [1.82, 2.24) is 0 Å². The molecule has 0 bridgehead atoms. The summed E-state index contributed by atoms with van der Waals surface area (Å²) in [5.74, 6) is 4.38. The van der Waals surface area contributed by atoms with Gasteiger partial charge in [-0.2, -0.15) is 0 Å². The molecular weight excluding hydrogens is 215 g/mol. The third-order valence-corrected chi connectivity index (χ3v) is 3.41. The lowest BCUT2D eigenvalue weighted by atomic mass is 10.1. The van der Waals surface area contributed by atoms with Crippen molar-refractivity contribution in [2.45, 2.75) is 76.7 Å². The van der Waals surface area contributed by atoms with Gasteiger partial charge in [-0.05, 0) is 12.8 Å². The highest BCUT2D eigenvalue weighted by Crippen LogP contribution is 2.07. The lowest BCUT2D eigenvalue weighted by Crippen LogP contribution is -2.23. The van der Waals surface area contributed by atoms with E-state index in [-0.39, 0.29) is 6.29 Å². The van der Waals surface area contributed by atoms with E-state index >= 15 is 0 Å². The highest BCUT2D eigenvalue weighted by molar-refractivity contribution is 6.48. The molecule has 3 heteroatoms. The molecule has 96 valence electrons. The molecule has 0 aliphatic heterocycles. The smallest absolute Gasteiger partial charge is 0.455 e. The van der Waals surface area contributed by atoms with E-state index in [1.54, 1.807) is 0 Å². The van der Waals surface area contributed by atoms with E-state index < -0.39 is 14.5 Å². The number of hydrogen-bond donors (Lipinski definition) is 0. The van der Waals surface area contributed by atoms with E-state index in [1.165, 1.54) is 38.5 Å². The minimum Gasteiger partial charge on any atom is -0.478 e. The average Bonchev–Trinajstić information content (AvgIpc) is 2.25. The zero-order valence-electron chi connectivity index (χ0n) is 11.6. The molecule has 0 heterocycles. The van der Waals surface area contributed by atoms with Crippen molar-refractivity contribution >= 4 is 14.5 Å². The van der Waals surface area contributed by atoms with Crippen molar-refractivity contribution in [3.63, 3.8) is 0 Å². The molecule has 0 fully saturated rings. The quantitative estimate of drug-likeness (QED) is 0.305. The Morgan fingerprint density at radius 1 is 0.938 bits per heavy atom. The van der Waals surface area contributed by atoms with Crippen LogP contribution >= 0.6 is 0 Å². The van der Waals surface area contributed by atoms with Crippen molar-refractivity contribution in [1.29, 1.82) is 0 Å². The molecule has 1 atom stereocenters. The van der Waals surface area contributed by atoms with E-state index in [9.17, 15) is 0 Å². The fourth-order valence-corrected chi connectivity index (χ4v) is 2.53. The van der Waals surface area contributed by atoms with E-state index in [0.29, 0.717) is 0 Å². The number of unbranched alkanes of at least 4 members (excludes halogenated alkanes) is 5. The molecule has 0 spiro atoms. The first-order valence-electron chi connectivity index (χ1n) is 6.97. The second-order valence-corrected chi connectivity index (χ2v) is 7.03. The molecule has 0 saturated heterocycles. The standard InChI is InChI=1S/C11H23O2.2CH3.Al/c1-3-5-6-7-8-9-10-13-11(12)4-2;;;/h11H,3-10H2,1-2H3;2*1H3;/q-1;;;+1. The molecule has 0 amide bonds. The Labute approximate surface area is 106 Å². The van der Waals surface area contributed by atoms with Gasteiger partial charge in [-0.15, -0.1) is 0 Å². The Morgan fingerprint density at radius 2 is 1.56 bits per heavy atom. The zero-order chi connectivity index (χ0) is 12.2. The summed E-state index contributed by atoms with van der Waals surface area (Å²) in [4.78, 5) is 0. The molecule has 2 nitrogen and oxygen atoms in total. The predicted molar refractivity (Wildman–Crippen MR) is 72.0 cm³/mol. The summed E-state index contributed by atoms with van der Waals surface area (Å²) in [6.45, 7) is 5.25. The topological polar surface area (TPSA) is 18.5 Å². The van der Waals surface area contributed by atoms with Gasteiger partial charge in [-0.1, -0.05) is 57.5 Å². The van der Waals surface area contributed by atoms with E-state index in [2.05, 4.69) is 25.4 Å². The van der Waals surface area contributed by atoms with Gasteiger partial charge in [0.2, 0.25) is 0 Å². The van der Waals surface area contributed by atoms with Crippen LogP contribution in [-0.4, -0.2) is 27.4 Å². The summed E-state index contributed by atoms with van der Waals surface area (Å²) < 4.78 is 11.5. The monoisotopic (exact) mass is 244 g/mol. The van der Waals surface area contributed by atoms with Crippen LogP contribution in [0.3, 0.4) is 0 Å². The Balaban J connectivity index is 3.27. The van der Waals surface area contributed by atoms with Crippen molar-refractivity contribution in [3.05, 3.63) is 0 Å². The summed E-state index contributed by atoms with van der Waals surface area (Å²) in [7, 11) is 0. The molecular formula is C13H29AlO2. The normalized spacial score (nSPS) is 12.8. The zero-order valence-corrected chi connectivity index (χ0v) is 12.8. The molecule has 0 aromatic carbocycles. The maximum absolute atomic E-state index is 5.76. The van der Waals surface area contributed by atoms with Crippen molar-refractivity contribution < 1.29 is 8.53 Å². The summed E-state index contributed by atoms with van der Waals surface area (Å²) >= 11 is -0.945. The van der Waals surface area contributed by atoms with Crippen LogP contribution in [0.15, 0.2) is 0 Å². The van der Waals surface area contributed by atoms with E-state index in [1.807, 2.05) is 0 Å². The SMILES string of the molecule is CCCCCCCCOC(CC)[O][Al]([CH3])[CH3]. The minimum atomic E-state index is -0.945. The molecule has 0 N–H and O–H groups in total. The van der Waals surface area contributed by atoms with Crippen LogP contribution in [0, 0.1) is 0 Å². The van der Waals surface area contributed by atoms with Crippen molar-refractivity contribution in [3.8, 4) is 0 Å². The van der Waals surface area contributed by atoms with Gasteiger partial charge in [-0.3, -0.25) is 0 Å². The second-order valence-electron chi connectivity index (χ2n) is 4.66. The van der Waals surface area contributed by atoms with Crippen LogP contribution in [0.25, 0.3) is 0 Å². The molecule has 0 aromatic rings. The van der Waals surface area contributed by atoms with E-state index in [0.717, 1.165) is 13.0 Å². The van der Waals surface area contributed by atoms with Gasteiger partial charge < -0.3 is 8.53 Å². The number of hydrogen-bond acceptors (Lipinski definition) is 2. The summed E-state index contributed by atoms with van der Waals surface area (Å²) in [5.41, 5.74) is 0. The number of rotatable bonds is 11. The van der Waals surface area contributed by atoms with Crippen molar-refractivity contribution in [2.24, 2.45) is 0 Å². The van der Waals surface area contributed by atoms with Crippen LogP contribution in [-0.2, 0) is 8.53 Å². The molecule has 0 aliphatic carbocycles. The highest BCUT2D eigenvalue weighted by Gasteiger charge is 2.12. The summed E-state index contributed by atoms with van der Waals surface area (Å²) in [6.07, 6.45) is 8.95. The molecule has 16 heavy (non-hydrogen) atoms. The summed E-state index contributed by atoms with van der Waals surface area (Å²) in [6, 6.07) is 0. The molecule has 0 aliphatic rings. The van der Waals surface area contributed by atoms with Gasteiger partial charge in [0, 0.05) is 6.61 Å². The Bertz CT molecular complexity index is 140. The largest absolute Gasteiger partial charge is 0.478 e.